The van der Waals surface area contributed by atoms with E-state index >= 15 is 0 Å². The van der Waals surface area contributed by atoms with E-state index in [0.29, 0.717) is 22.0 Å². The molecule has 1 fully saturated rings. The van der Waals surface area contributed by atoms with Gasteiger partial charge in [-0.05, 0) is 54.3 Å². The van der Waals surface area contributed by atoms with E-state index in [1.165, 1.54) is 26.4 Å². The number of rotatable bonds is 6. The molecule has 4 aromatic rings. The van der Waals surface area contributed by atoms with Crippen LogP contribution in [0, 0.1) is 5.82 Å². The number of hydroxylamine groups is 1. The number of fused-ring (bicyclic) bond motifs is 1. The topological polar surface area (TPSA) is 102 Å². The molecule has 5 rings (SSSR count). The van der Waals surface area contributed by atoms with Gasteiger partial charge < -0.3 is 20.7 Å². The van der Waals surface area contributed by atoms with Crippen LogP contribution in [0.25, 0.3) is 33.2 Å². The van der Waals surface area contributed by atoms with E-state index in [9.17, 15) is 9.18 Å². The van der Waals surface area contributed by atoms with Gasteiger partial charge in [0.1, 0.15) is 11.6 Å². The van der Waals surface area contributed by atoms with Crippen molar-refractivity contribution in [3.05, 3.63) is 71.6 Å². The molecule has 1 aromatic heterocycles. The lowest BCUT2D eigenvalue weighted by Crippen LogP contribution is -2.40. The average molecular weight is 550 g/mol. The Kier molecular flexibility index (Phi) is 7.83. The smallest absolute Gasteiger partial charge is 0.343 e. The number of hydrogen-bond acceptors (Lipinski definition) is 6. The first-order chi connectivity index (χ1) is 18.9. The summed E-state index contributed by atoms with van der Waals surface area (Å²) in [5.41, 5.74) is 13.6. The number of nitrogens with one attached hydrogen (secondary N) is 2. The number of nitrogens with zero attached hydrogens (tertiary/aromatic N) is 2. The van der Waals surface area contributed by atoms with Gasteiger partial charge in [-0.25, -0.2) is 14.7 Å². The van der Waals surface area contributed by atoms with Crippen molar-refractivity contribution in [1.82, 2.24) is 10.5 Å². The maximum Gasteiger partial charge on any atom is 0.343 e. The highest BCUT2D eigenvalue weighted by Crippen LogP contribution is 2.42. The SMILES string of the molecule is CONC(=O)Nc1c(Cl)cccc1-c1ccc2ncc(-c3cc(F)cc(OC)c3)c(N3CCC(N)CC3)c2c1. The number of methoxy groups -OCH3 is 1. The fraction of sp³-hybridized carbons (Fsp3) is 0.241. The van der Waals surface area contributed by atoms with Crippen molar-refractivity contribution in [2.75, 3.05) is 37.5 Å². The van der Waals surface area contributed by atoms with Gasteiger partial charge in [-0.2, -0.15) is 0 Å². The van der Waals surface area contributed by atoms with Gasteiger partial charge in [0, 0.05) is 47.9 Å². The minimum atomic E-state index is -0.554. The molecule has 0 aliphatic carbocycles. The first-order valence-corrected chi connectivity index (χ1v) is 12.9. The number of carbonyl (C=O) groups is 1. The van der Waals surface area contributed by atoms with Crippen LogP contribution in [-0.4, -0.2) is 44.4 Å². The van der Waals surface area contributed by atoms with Gasteiger partial charge in [-0.1, -0.05) is 29.8 Å². The summed E-state index contributed by atoms with van der Waals surface area (Å²) in [6.45, 7) is 1.51. The van der Waals surface area contributed by atoms with E-state index in [2.05, 4.69) is 15.7 Å². The van der Waals surface area contributed by atoms with Gasteiger partial charge in [0.25, 0.3) is 0 Å². The van der Waals surface area contributed by atoms with Crippen molar-refractivity contribution in [2.45, 2.75) is 18.9 Å². The Morgan fingerprint density at radius 1 is 1.08 bits per heavy atom. The molecule has 1 aliphatic heterocycles. The molecule has 3 aromatic carbocycles. The highest BCUT2D eigenvalue weighted by Gasteiger charge is 2.23. The quantitative estimate of drug-likeness (QED) is 0.256. The number of hydrogen-bond donors (Lipinski definition) is 3. The number of piperidine rings is 1. The highest BCUT2D eigenvalue weighted by molar-refractivity contribution is 6.34. The van der Waals surface area contributed by atoms with E-state index in [1.807, 2.05) is 36.4 Å². The number of amides is 2. The van der Waals surface area contributed by atoms with Crippen LogP contribution in [0.1, 0.15) is 12.8 Å². The van der Waals surface area contributed by atoms with Gasteiger partial charge in [0.2, 0.25) is 0 Å². The number of anilines is 2. The Balaban J connectivity index is 1.71. The zero-order valence-corrected chi connectivity index (χ0v) is 22.4. The maximum absolute atomic E-state index is 14.6. The van der Waals surface area contributed by atoms with E-state index in [1.54, 1.807) is 12.3 Å². The molecule has 0 bridgehead atoms. The molecule has 4 N–H and O–H groups in total. The van der Waals surface area contributed by atoms with Gasteiger partial charge in [0.15, 0.2) is 0 Å². The van der Waals surface area contributed by atoms with E-state index in [0.717, 1.165) is 59.2 Å². The second-order valence-electron chi connectivity index (χ2n) is 9.38. The molecule has 8 nitrogen and oxygen atoms in total. The molecular formula is C29H29ClFN5O3. The van der Waals surface area contributed by atoms with Gasteiger partial charge >= 0.3 is 6.03 Å². The van der Waals surface area contributed by atoms with Crippen LogP contribution in [0.5, 0.6) is 5.75 Å². The summed E-state index contributed by atoms with van der Waals surface area (Å²) in [5, 5.41) is 4.03. The molecule has 1 aliphatic rings. The molecule has 39 heavy (non-hydrogen) atoms. The molecule has 0 saturated carbocycles. The summed E-state index contributed by atoms with van der Waals surface area (Å²) in [6.07, 6.45) is 3.46. The van der Waals surface area contributed by atoms with Gasteiger partial charge in [0.05, 0.1) is 36.1 Å². The predicted octanol–water partition coefficient (Wildman–Crippen LogP) is 5.98. The van der Waals surface area contributed by atoms with Crippen molar-refractivity contribution < 1.29 is 18.8 Å². The number of ether oxygens (including phenoxy) is 1. The number of aromatic nitrogens is 1. The van der Waals surface area contributed by atoms with Crippen molar-refractivity contribution in [3.63, 3.8) is 0 Å². The standard InChI is InChI=1S/C29H29ClFN5O3/c1-38-21-13-18(12-19(31)15-21)24-16-33-26-7-6-17(14-23(26)28(24)36-10-8-20(32)9-11-36)22-4-3-5-25(30)27(22)34-29(37)35-39-2/h3-7,12-16,20H,8-11,32H2,1-2H3,(H2,34,35,37). The number of benzene rings is 3. The first kappa shape index (κ1) is 26.7. The van der Waals surface area contributed by atoms with Crippen molar-refractivity contribution in [2.24, 2.45) is 5.73 Å². The van der Waals surface area contributed by atoms with Crippen molar-refractivity contribution in [1.29, 1.82) is 0 Å². The lowest BCUT2D eigenvalue weighted by atomic mass is 9.95. The van der Waals surface area contributed by atoms with Crippen LogP contribution in [0.15, 0.2) is 60.8 Å². The fourth-order valence-corrected chi connectivity index (χ4v) is 5.20. The summed E-state index contributed by atoms with van der Waals surface area (Å²) in [5.74, 6) is 0.0308. The van der Waals surface area contributed by atoms with E-state index < -0.39 is 11.8 Å². The third-order valence-electron chi connectivity index (χ3n) is 6.87. The minimum absolute atomic E-state index is 0.140. The third-order valence-corrected chi connectivity index (χ3v) is 7.19. The molecule has 0 unspecified atom stereocenters. The lowest BCUT2D eigenvalue weighted by Gasteiger charge is -2.34. The largest absolute Gasteiger partial charge is 0.497 e. The zero-order valence-electron chi connectivity index (χ0n) is 21.6. The normalized spacial score (nSPS) is 13.9. The number of carbonyl (C=O) groups excluding carboxylic acids is 1. The number of urea groups is 1. The molecular weight excluding hydrogens is 521 g/mol. The fourth-order valence-electron chi connectivity index (χ4n) is 4.98. The first-order valence-electron chi connectivity index (χ1n) is 12.5. The summed E-state index contributed by atoms with van der Waals surface area (Å²) in [6, 6.07) is 15.5. The summed E-state index contributed by atoms with van der Waals surface area (Å²) < 4.78 is 19.9. The van der Waals surface area contributed by atoms with Crippen LogP contribution in [0.4, 0.5) is 20.6 Å². The monoisotopic (exact) mass is 549 g/mol. The van der Waals surface area contributed by atoms with Crippen LogP contribution in [0.2, 0.25) is 5.02 Å². The van der Waals surface area contributed by atoms with Crippen LogP contribution < -0.4 is 26.2 Å². The summed E-state index contributed by atoms with van der Waals surface area (Å²) in [7, 11) is 2.87. The van der Waals surface area contributed by atoms with Crippen LogP contribution in [-0.2, 0) is 4.84 Å². The second-order valence-corrected chi connectivity index (χ2v) is 9.79. The maximum atomic E-state index is 14.6. The van der Waals surface area contributed by atoms with Crippen molar-refractivity contribution in [3.8, 4) is 28.0 Å². The zero-order chi connectivity index (χ0) is 27.5. The number of para-hydroxylation sites is 1. The lowest BCUT2D eigenvalue weighted by molar-refractivity contribution is 0.114. The third kappa shape index (κ3) is 5.61. The summed E-state index contributed by atoms with van der Waals surface area (Å²) >= 11 is 6.49. The Morgan fingerprint density at radius 2 is 1.87 bits per heavy atom. The average Bonchev–Trinajstić information content (AvgIpc) is 2.93. The van der Waals surface area contributed by atoms with Crippen LogP contribution >= 0.6 is 11.6 Å². The highest BCUT2D eigenvalue weighted by atomic mass is 35.5. The van der Waals surface area contributed by atoms with Crippen molar-refractivity contribution >= 4 is 39.9 Å². The Morgan fingerprint density at radius 3 is 2.62 bits per heavy atom. The molecule has 0 radical (unpaired) electrons. The minimum Gasteiger partial charge on any atom is -0.497 e. The molecule has 1 saturated heterocycles. The molecule has 10 heteroatoms. The van der Waals surface area contributed by atoms with Gasteiger partial charge in [-0.15, -0.1) is 0 Å². The Bertz CT molecular complexity index is 1520. The Hall–Kier alpha value is -3.92. The van der Waals surface area contributed by atoms with Crippen LogP contribution in [0.3, 0.4) is 0 Å². The van der Waals surface area contributed by atoms with Gasteiger partial charge in [-0.3, -0.25) is 9.82 Å². The second kappa shape index (κ2) is 11.4. The molecule has 2 heterocycles. The Labute approximate surface area is 230 Å². The number of halogens is 2. The molecule has 2 amide bonds. The van der Waals surface area contributed by atoms with E-state index in [4.69, 9.17) is 31.9 Å². The predicted molar refractivity (Wildman–Crippen MR) is 153 cm³/mol. The molecule has 0 spiro atoms. The molecule has 0 atom stereocenters. The summed E-state index contributed by atoms with van der Waals surface area (Å²) in [4.78, 5) is 24.0. The number of nitrogens with two attached hydrogens (primary N) is 1. The van der Waals surface area contributed by atoms with E-state index in [-0.39, 0.29) is 6.04 Å². The molecule has 202 valence electrons. The number of pyridine rings is 1.